The fraction of sp³-hybridized carbons (Fsp3) is 0.538. The second-order valence-corrected chi connectivity index (χ2v) is 5.15. The molecule has 0 amide bonds. The SMILES string of the molecule is CCCNC(CCC(F)(F)F)c1c(F)cccc1Br. The van der Waals surface area contributed by atoms with Gasteiger partial charge >= 0.3 is 6.18 Å². The zero-order valence-electron chi connectivity index (χ0n) is 10.5. The molecule has 19 heavy (non-hydrogen) atoms. The zero-order chi connectivity index (χ0) is 14.5. The Bertz CT molecular complexity index is 386. The molecule has 1 nitrogen and oxygen atoms in total. The second-order valence-electron chi connectivity index (χ2n) is 4.30. The van der Waals surface area contributed by atoms with Crippen molar-refractivity contribution in [3.8, 4) is 0 Å². The molecule has 0 saturated heterocycles. The highest BCUT2D eigenvalue weighted by Gasteiger charge is 2.29. The van der Waals surface area contributed by atoms with Crippen LogP contribution in [0, 0.1) is 5.82 Å². The molecule has 0 aliphatic rings. The first-order valence-corrected chi connectivity index (χ1v) is 6.88. The van der Waals surface area contributed by atoms with E-state index >= 15 is 0 Å². The molecular formula is C13H16BrF4N. The highest BCUT2D eigenvalue weighted by Crippen LogP contribution is 2.32. The lowest BCUT2D eigenvalue weighted by Crippen LogP contribution is -2.25. The zero-order valence-corrected chi connectivity index (χ0v) is 12.1. The lowest BCUT2D eigenvalue weighted by Gasteiger charge is -2.21. The van der Waals surface area contributed by atoms with Gasteiger partial charge in [-0.3, -0.25) is 0 Å². The maximum Gasteiger partial charge on any atom is 0.389 e. The summed E-state index contributed by atoms with van der Waals surface area (Å²) in [6, 6.07) is 3.77. The topological polar surface area (TPSA) is 12.0 Å². The van der Waals surface area contributed by atoms with Crippen molar-refractivity contribution in [2.24, 2.45) is 0 Å². The Morgan fingerprint density at radius 2 is 2.00 bits per heavy atom. The third-order valence-corrected chi connectivity index (χ3v) is 3.40. The van der Waals surface area contributed by atoms with Crippen molar-refractivity contribution >= 4 is 15.9 Å². The molecule has 0 saturated carbocycles. The predicted molar refractivity (Wildman–Crippen MR) is 70.4 cm³/mol. The van der Waals surface area contributed by atoms with E-state index in [1.54, 1.807) is 6.07 Å². The summed E-state index contributed by atoms with van der Waals surface area (Å²) in [7, 11) is 0. The van der Waals surface area contributed by atoms with Gasteiger partial charge in [0.25, 0.3) is 0 Å². The molecule has 1 atom stereocenters. The van der Waals surface area contributed by atoms with Crippen molar-refractivity contribution < 1.29 is 17.6 Å². The molecule has 0 heterocycles. The van der Waals surface area contributed by atoms with Gasteiger partial charge in [0, 0.05) is 22.5 Å². The van der Waals surface area contributed by atoms with Gasteiger partial charge in [0.1, 0.15) is 5.82 Å². The van der Waals surface area contributed by atoms with E-state index in [0.717, 1.165) is 6.42 Å². The largest absolute Gasteiger partial charge is 0.389 e. The summed E-state index contributed by atoms with van der Waals surface area (Å²) < 4.78 is 51.3. The van der Waals surface area contributed by atoms with Crippen LogP contribution in [0.3, 0.4) is 0 Å². The van der Waals surface area contributed by atoms with E-state index in [2.05, 4.69) is 21.2 Å². The molecular weight excluding hydrogens is 326 g/mol. The van der Waals surface area contributed by atoms with Crippen LogP contribution in [0.1, 0.15) is 37.8 Å². The van der Waals surface area contributed by atoms with Gasteiger partial charge < -0.3 is 5.32 Å². The Kier molecular flexibility index (Phi) is 6.26. The van der Waals surface area contributed by atoms with Crippen LogP contribution in [0.4, 0.5) is 17.6 Å². The summed E-state index contributed by atoms with van der Waals surface area (Å²) >= 11 is 3.20. The molecule has 1 rings (SSSR count). The van der Waals surface area contributed by atoms with Gasteiger partial charge in [-0.15, -0.1) is 0 Å². The maximum atomic E-state index is 13.8. The van der Waals surface area contributed by atoms with Crippen molar-refractivity contribution in [1.82, 2.24) is 5.32 Å². The van der Waals surface area contributed by atoms with E-state index in [9.17, 15) is 17.6 Å². The van der Waals surface area contributed by atoms with Crippen molar-refractivity contribution in [2.45, 2.75) is 38.4 Å². The number of nitrogens with one attached hydrogen (secondary N) is 1. The number of halogens is 5. The fourth-order valence-corrected chi connectivity index (χ4v) is 2.44. The fourth-order valence-electron chi connectivity index (χ4n) is 1.82. The van der Waals surface area contributed by atoms with Gasteiger partial charge in [-0.1, -0.05) is 28.9 Å². The smallest absolute Gasteiger partial charge is 0.310 e. The molecule has 0 aliphatic carbocycles. The van der Waals surface area contributed by atoms with E-state index in [-0.39, 0.29) is 12.0 Å². The molecule has 0 aliphatic heterocycles. The monoisotopic (exact) mass is 341 g/mol. The second kappa shape index (κ2) is 7.24. The highest BCUT2D eigenvalue weighted by atomic mass is 79.9. The average Bonchev–Trinajstić information content (AvgIpc) is 2.30. The third kappa shape index (κ3) is 5.48. The molecule has 1 aromatic carbocycles. The van der Waals surface area contributed by atoms with Crippen LogP contribution in [-0.2, 0) is 0 Å². The normalized spacial score (nSPS) is 13.6. The van der Waals surface area contributed by atoms with Crippen LogP contribution in [0.5, 0.6) is 0 Å². The Labute approximate surface area is 118 Å². The van der Waals surface area contributed by atoms with Crippen LogP contribution in [0.2, 0.25) is 0 Å². The minimum atomic E-state index is -4.23. The molecule has 0 bridgehead atoms. The van der Waals surface area contributed by atoms with Gasteiger partial charge in [0.2, 0.25) is 0 Å². The number of alkyl halides is 3. The Hall–Kier alpha value is -0.620. The Morgan fingerprint density at radius 1 is 1.32 bits per heavy atom. The van der Waals surface area contributed by atoms with E-state index in [0.29, 0.717) is 11.0 Å². The number of benzene rings is 1. The van der Waals surface area contributed by atoms with Crippen LogP contribution in [0.25, 0.3) is 0 Å². The molecule has 1 unspecified atom stereocenters. The molecule has 108 valence electrons. The van der Waals surface area contributed by atoms with E-state index < -0.39 is 24.5 Å². The van der Waals surface area contributed by atoms with Gasteiger partial charge in [-0.2, -0.15) is 13.2 Å². The number of rotatable bonds is 6. The molecule has 1 aromatic rings. The van der Waals surface area contributed by atoms with E-state index in [1.165, 1.54) is 12.1 Å². The van der Waals surface area contributed by atoms with Gasteiger partial charge in [-0.25, -0.2) is 4.39 Å². The lowest BCUT2D eigenvalue weighted by molar-refractivity contribution is -0.136. The first kappa shape index (κ1) is 16.4. The van der Waals surface area contributed by atoms with E-state index in [4.69, 9.17) is 0 Å². The maximum absolute atomic E-state index is 13.8. The molecule has 1 N–H and O–H groups in total. The average molecular weight is 342 g/mol. The van der Waals surface area contributed by atoms with Crippen molar-refractivity contribution in [2.75, 3.05) is 6.54 Å². The molecule has 0 fully saturated rings. The van der Waals surface area contributed by atoms with Gasteiger partial charge in [0.15, 0.2) is 0 Å². The van der Waals surface area contributed by atoms with Crippen molar-refractivity contribution in [3.63, 3.8) is 0 Å². The standard InChI is InChI=1S/C13H16BrF4N/c1-2-8-19-11(6-7-13(16,17)18)12-9(14)4-3-5-10(12)15/h3-5,11,19H,2,6-8H2,1H3. The summed E-state index contributed by atoms with van der Waals surface area (Å²) in [6.45, 7) is 2.45. The minimum absolute atomic E-state index is 0.178. The first-order valence-electron chi connectivity index (χ1n) is 6.09. The van der Waals surface area contributed by atoms with E-state index in [1.807, 2.05) is 6.92 Å². The Morgan fingerprint density at radius 3 is 2.53 bits per heavy atom. The van der Waals surface area contributed by atoms with Crippen LogP contribution < -0.4 is 5.32 Å². The quantitative estimate of drug-likeness (QED) is 0.720. The first-order chi connectivity index (χ1) is 8.85. The number of hydrogen-bond acceptors (Lipinski definition) is 1. The Balaban J connectivity index is 2.89. The van der Waals surface area contributed by atoms with Crippen LogP contribution in [0.15, 0.2) is 22.7 Å². The van der Waals surface area contributed by atoms with Gasteiger partial charge in [-0.05, 0) is 31.5 Å². The summed E-state index contributed by atoms with van der Waals surface area (Å²) in [4.78, 5) is 0. The lowest BCUT2D eigenvalue weighted by atomic mass is 10.0. The van der Waals surface area contributed by atoms with Crippen molar-refractivity contribution in [1.29, 1.82) is 0 Å². The molecule has 0 aromatic heterocycles. The predicted octanol–water partition coefficient (Wildman–Crippen LogP) is 4.97. The third-order valence-electron chi connectivity index (χ3n) is 2.71. The summed E-state index contributed by atoms with van der Waals surface area (Å²) in [5.41, 5.74) is 0.264. The number of hydrogen-bond donors (Lipinski definition) is 1. The summed E-state index contributed by atoms with van der Waals surface area (Å²) in [5.74, 6) is -0.495. The molecule has 0 radical (unpaired) electrons. The molecule has 6 heteroatoms. The summed E-state index contributed by atoms with van der Waals surface area (Å²) in [6.07, 6.45) is -4.57. The van der Waals surface area contributed by atoms with Crippen LogP contribution in [-0.4, -0.2) is 12.7 Å². The van der Waals surface area contributed by atoms with Gasteiger partial charge in [0.05, 0.1) is 0 Å². The highest BCUT2D eigenvalue weighted by molar-refractivity contribution is 9.10. The van der Waals surface area contributed by atoms with Crippen molar-refractivity contribution in [3.05, 3.63) is 34.1 Å². The summed E-state index contributed by atoms with van der Waals surface area (Å²) in [5, 5.41) is 2.97. The minimum Gasteiger partial charge on any atom is -0.310 e. The molecule has 0 spiro atoms. The van der Waals surface area contributed by atoms with Crippen LogP contribution >= 0.6 is 15.9 Å².